The lowest BCUT2D eigenvalue weighted by atomic mass is 10.1. The fourth-order valence-electron chi connectivity index (χ4n) is 3.20. The number of aryl methyl sites for hydroxylation is 1. The molecular formula is C17H16F3N7O. The van der Waals surface area contributed by atoms with Gasteiger partial charge in [-0.1, -0.05) is 11.3 Å². The van der Waals surface area contributed by atoms with Crippen molar-refractivity contribution < 1.29 is 18.0 Å². The van der Waals surface area contributed by atoms with Gasteiger partial charge in [-0.05, 0) is 18.2 Å². The highest BCUT2D eigenvalue weighted by Gasteiger charge is 2.32. The highest BCUT2D eigenvalue weighted by atomic mass is 19.4. The van der Waals surface area contributed by atoms with E-state index in [2.05, 4.69) is 20.3 Å². The van der Waals surface area contributed by atoms with Crippen molar-refractivity contribution in [1.82, 2.24) is 29.9 Å². The molecule has 0 radical (unpaired) electrons. The minimum absolute atomic E-state index is 0.0293. The summed E-state index contributed by atoms with van der Waals surface area (Å²) in [4.78, 5) is 24.6. The van der Waals surface area contributed by atoms with Gasteiger partial charge in [-0.15, -0.1) is 5.10 Å². The zero-order chi connectivity index (χ0) is 19.9. The monoisotopic (exact) mass is 391 g/mol. The molecule has 8 nitrogen and oxygen atoms in total. The molecule has 0 saturated carbocycles. The van der Waals surface area contributed by atoms with Gasteiger partial charge in [0, 0.05) is 38.8 Å². The molecule has 1 amide bonds. The molecule has 0 aliphatic carbocycles. The summed E-state index contributed by atoms with van der Waals surface area (Å²) in [5, 5.41) is 8.03. The Bertz CT molecular complexity index is 1030. The van der Waals surface area contributed by atoms with Gasteiger partial charge in [0.15, 0.2) is 17.0 Å². The second-order valence-corrected chi connectivity index (χ2v) is 6.44. The summed E-state index contributed by atoms with van der Waals surface area (Å²) >= 11 is 0. The van der Waals surface area contributed by atoms with Crippen molar-refractivity contribution in [3.63, 3.8) is 0 Å². The number of anilines is 1. The molecule has 0 unspecified atom stereocenters. The van der Waals surface area contributed by atoms with Crippen LogP contribution in [0.1, 0.15) is 15.9 Å². The molecule has 2 aromatic heterocycles. The van der Waals surface area contributed by atoms with Gasteiger partial charge in [-0.25, -0.2) is 14.6 Å². The maximum atomic E-state index is 12.9. The summed E-state index contributed by atoms with van der Waals surface area (Å²) in [5.74, 6) is 0.211. The number of hydrogen-bond acceptors (Lipinski definition) is 6. The van der Waals surface area contributed by atoms with E-state index in [1.54, 1.807) is 16.6 Å². The maximum absolute atomic E-state index is 12.9. The van der Waals surface area contributed by atoms with E-state index in [0.717, 1.165) is 12.1 Å². The van der Waals surface area contributed by atoms with Crippen molar-refractivity contribution in [2.24, 2.45) is 7.05 Å². The summed E-state index contributed by atoms with van der Waals surface area (Å²) in [6, 6.07) is 4.49. The van der Waals surface area contributed by atoms with Gasteiger partial charge in [0.1, 0.15) is 6.33 Å². The van der Waals surface area contributed by atoms with E-state index >= 15 is 0 Å². The van der Waals surface area contributed by atoms with Crippen LogP contribution in [0.2, 0.25) is 0 Å². The van der Waals surface area contributed by atoms with Crippen LogP contribution in [0.25, 0.3) is 11.2 Å². The molecular weight excluding hydrogens is 375 g/mol. The Morgan fingerprint density at radius 2 is 1.86 bits per heavy atom. The van der Waals surface area contributed by atoms with Gasteiger partial charge >= 0.3 is 6.18 Å². The second kappa shape index (κ2) is 6.73. The fraction of sp³-hybridized carbons (Fsp3) is 0.353. The lowest BCUT2D eigenvalue weighted by Gasteiger charge is -2.35. The van der Waals surface area contributed by atoms with E-state index in [4.69, 9.17) is 0 Å². The zero-order valence-corrected chi connectivity index (χ0v) is 14.9. The van der Waals surface area contributed by atoms with E-state index in [1.165, 1.54) is 18.5 Å². The Kier molecular flexibility index (Phi) is 4.36. The first-order valence-electron chi connectivity index (χ1n) is 8.56. The van der Waals surface area contributed by atoms with Crippen molar-refractivity contribution in [3.05, 3.63) is 41.7 Å². The van der Waals surface area contributed by atoms with Crippen LogP contribution >= 0.6 is 0 Å². The number of alkyl halides is 3. The number of hydrogen-bond donors (Lipinski definition) is 0. The van der Waals surface area contributed by atoms with Crippen LogP contribution in [0.3, 0.4) is 0 Å². The third kappa shape index (κ3) is 3.23. The number of carbonyl (C=O) groups excluding carboxylic acids is 1. The third-order valence-corrected chi connectivity index (χ3v) is 4.67. The number of fused-ring (bicyclic) bond motifs is 1. The molecule has 0 N–H and O–H groups in total. The molecule has 0 atom stereocenters. The van der Waals surface area contributed by atoms with Crippen LogP contribution in [0.15, 0.2) is 30.6 Å². The smallest absolute Gasteiger partial charge is 0.351 e. The number of piperazine rings is 1. The highest BCUT2D eigenvalue weighted by Crippen LogP contribution is 2.30. The number of amides is 1. The van der Waals surface area contributed by atoms with Gasteiger partial charge in [-0.3, -0.25) is 4.79 Å². The molecule has 4 rings (SSSR count). The standard InChI is InChI=1S/C17H16F3N7O/c1-25-14-13(23-24-25)15(22-10-21-14)26-5-7-27(8-6-26)16(28)11-3-2-4-12(9-11)17(18,19)20/h2-4,9-10H,5-8H2,1H3. The molecule has 11 heteroatoms. The molecule has 1 aromatic carbocycles. The van der Waals surface area contributed by atoms with Gasteiger partial charge in [0.2, 0.25) is 0 Å². The third-order valence-electron chi connectivity index (χ3n) is 4.67. The molecule has 1 aliphatic rings. The van der Waals surface area contributed by atoms with E-state index in [-0.39, 0.29) is 5.56 Å². The van der Waals surface area contributed by atoms with Crippen LogP contribution in [-0.4, -0.2) is 61.9 Å². The molecule has 1 saturated heterocycles. The van der Waals surface area contributed by atoms with Gasteiger partial charge in [-0.2, -0.15) is 13.2 Å². The van der Waals surface area contributed by atoms with Gasteiger partial charge in [0.25, 0.3) is 5.91 Å². The molecule has 28 heavy (non-hydrogen) atoms. The van der Waals surface area contributed by atoms with Crippen molar-refractivity contribution in [1.29, 1.82) is 0 Å². The average molecular weight is 391 g/mol. The molecule has 0 spiro atoms. The first kappa shape index (κ1) is 18.1. The Balaban J connectivity index is 1.49. The predicted molar refractivity (Wildman–Crippen MR) is 93.7 cm³/mol. The number of carbonyl (C=O) groups is 1. The maximum Gasteiger partial charge on any atom is 0.416 e. The Labute approximate surface area is 157 Å². The van der Waals surface area contributed by atoms with Crippen LogP contribution in [0.5, 0.6) is 0 Å². The largest absolute Gasteiger partial charge is 0.416 e. The Morgan fingerprint density at radius 1 is 1.11 bits per heavy atom. The minimum atomic E-state index is -4.48. The number of rotatable bonds is 2. The molecule has 3 heterocycles. The predicted octanol–water partition coefficient (Wildman–Crippen LogP) is 1.74. The van der Waals surface area contributed by atoms with E-state index in [1.807, 2.05) is 4.90 Å². The first-order valence-corrected chi connectivity index (χ1v) is 8.56. The normalized spacial score (nSPS) is 15.3. The topological polar surface area (TPSA) is 80.0 Å². The van der Waals surface area contributed by atoms with Gasteiger partial charge < -0.3 is 9.80 Å². The zero-order valence-electron chi connectivity index (χ0n) is 14.9. The molecule has 0 bridgehead atoms. The molecule has 1 aliphatic heterocycles. The molecule has 3 aromatic rings. The SMILES string of the molecule is Cn1nnc2c(N3CCN(C(=O)c4cccc(C(F)(F)F)c4)CC3)ncnc21. The lowest BCUT2D eigenvalue weighted by molar-refractivity contribution is -0.137. The summed E-state index contributed by atoms with van der Waals surface area (Å²) in [5.41, 5.74) is 0.375. The highest BCUT2D eigenvalue weighted by molar-refractivity contribution is 5.94. The minimum Gasteiger partial charge on any atom is -0.351 e. The Morgan fingerprint density at radius 3 is 2.57 bits per heavy atom. The van der Waals surface area contributed by atoms with E-state index < -0.39 is 17.6 Å². The van der Waals surface area contributed by atoms with Crippen molar-refractivity contribution in [2.75, 3.05) is 31.1 Å². The van der Waals surface area contributed by atoms with Gasteiger partial charge in [0.05, 0.1) is 5.56 Å². The van der Waals surface area contributed by atoms with E-state index in [0.29, 0.717) is 43.2 Å². The summed E-state index contributed by atoms with van der Waals surface area (Å²) in [6.45, 7) is 1.68. The summed E-state index contributed by atoms with van der Waals surface area (Å²) in [7, 11) is 1.73. The quantitative estimate of drug-likeness (QED) is 0.662. The van der Waals surface area contributed by atoms with Crippen molar-refractivity contribution in [3.8, 4) is 0 Å². The molecule has 146 valence electrons. The Hall–Kier alpha value is -3.24. The average Bonchev–Trinajstić information content (AvgIpc) is 3.08. The first-order chi connectivity index (χ1) is 13.3. The van der Waals surface area contributed by atoms with Crippen molar-refractivity contribution in [2.45, 2.75) is 6.18 Å². The van der Waals surface area contributed by atoms with Crippen LogP contribution in [-0.2, 0) is 13.2 Å². The second-order valence-electron chi connectivity index (χ2n) is 6.44. The van der Waals surface area contributed by atoms with Crippen molar-refractivity contribution >= 4 is 22.9 Å². The number of aromatic nitrogens is 5. The van der Waals surface area contributed by atoms with Crippen LogP contribution in [0, 0.1) is 0 Å². The number of nitrogens with zero attached hydrogens (tertiary/aromatic N) is 7. The van der Waals surface area contributed by atoms with Crippen LogP contribution < -0.4 is 4.90 Å². The van der Waals surface area contributed by atoms with E-state index in [9.17, 15) is 18.0 Å². The summed E-state index contributed by atoms with van der Waals surface area (Å²) < 4.78 is 40.2. The summed E-state index contributed by atoms with van der Waals surface area (Å²) in [6.07, 6.45) is -3.05. The number of benzene rings is 1. The molecule has 1 fully saturated rings. The fourth-order valence-corrected chi connectivity index (χ4v) is 3.20. The van der Waals surface area contributed by atoms with Crippen LogP contribution in [0.4, 0.5) is 19.0 Å². The lowest BCUT2D eigenvalue weighted by Crippen LogP contribution is -2.49. The number of halogens is 3.